The van der Waals surface area contributed by atoms with Gasteiger partial charge in [-0.2, -0.15) is 0 Å². The topological polar surface area (TPSA) is 85.2 Å². The van der Waals surface area contributed by atoms with Crippen LogP contribution in [-0.2, 0) is 24.3 Å². The van der Waals surface area contributed by atoms with Crippen molar-refractivity contribution in [1.29, 1.82) is 0 Å². The van der Waals surface area contributed by atoms with Crippen molar-refractivity contribution in [3.63, 3.8) is 0 Å². The lowest BCUT2D eigenvalue weighted by Gasteiger charge is -2.09. The highest BCUT2D eigenvalue weighted by Crippen LogP contribution is 2.27. The fraction of sp³-hybridized carbons (Fsp3) is 0.320. The smallest absolute Gasteiger partial charge is 0.272 e. The first-order chi connectivity index (χ1) is 15.7. The molecule has 1 aromatic heterocycles. The van der Waals surface area contributed by atoms with Crippen LogP contribution in [-0.4, -0.2) is 35.0 Å². The van der Waals surface area contributed by atoms with Crippen molar-refractivity contribution in [1.82, 2.24) is 20.2 Å². The number of hydrogen-bond acceptors (Lipinski definition) is 4. The largest absolute Gasteiger partial charge is 0.497 e. The highest BCUT2D eigenvalue weighted by Gasteiger charge is 2.24. The number of aromatic nitrogens is 2. The molecule has 0 fully saturated rings. The third kappa shape index (κ3) is 4.99. The van der Waals surface area contributed by atoms with Gasteiger partial charge < -0.3 is 19.9 Å². The Kier molecular flexibility index (Phi) is 6.84. The van der Waals surface area contributed by atoms with Gasteiger partial charge in [-0.05, 0) is 37.0 Å². The van der Waals surface area contributed by atoms with E-state index in [2.05, 4.69) is 15.2 Å². The Labute approximate surface area is 187 Å². The van der Waals surface area contributed by atoms with Crippen LogP contribution in [0.1, 0.15) is 41.0 Å². The molecule has 0 atom stereocenters. The summed E-state index contributed by atoms with van der Waals surface area (Å²) in [5, 5.41) is 5.57. The van der Waals surface area contributed by atoms with E-state index in [9.17, 15) is 9.59 Å². The van der Waals surface area contributed by atoms with E-state index >= 15 is 0 Å². The molecule has 32 heavy (non-hydrogen) atoms. The van der Waals surface area contributed by atoms with Gasteiger partial charge in [0.2, 0.25) is 5.91 Å². The second-order valence-corrected chi connectivity index (χ2v) is 7.87. The van der Waals surface area contributed by atoms with E-state index in [-0.39, 0.29) is 18.4 Å². The van der Waals surface area contributed by atoms with Crippen LogP contribution in [0.25, 0.3) is 11.4 Å². The van der Waals surface area contributed by atoms with Crippen molar-refractivity contribution in [3.8, 4) is 17.1 Å². The molecule has 0 aliphatic carbocycles. The fourth-order valence-electron chi connectivity index (χ4n) is 3.96. The maximum atomic E-state index is 12.9. The molecule has 0 saturated heterocycles. The van der Waals surface area contributed by atoms with Crippen LogP contribution in [0.3, 0.4) is 0 Å². The van der Waals surface area contributed by atoms with E-state index in [4.69, 9.17) is 9.72 Å². The summed E-state index contributed by atoms with van der Waals surface area (Å²) in [6.07, 6.45) is 4.04. The Bertz CT molecular complexity index is 1070. The molecule has 4 rings (SSSR count). The van der Waals surface area contributed by atoms with E-state index in [1.54, 1.807) is 7.11 Å². The summed E-state index contributed by atoms with van der Waals surface area (Å²) in [7, 11) is 1.61. The molecule has 7 heteroatoms. The quantitative estimate of drug-likeness (QED) is 0.600. The first-order valence-electron chi connectivity index (χ1n) is 11.0. The number of nitrogens with one attached hydrogen (secondary N) is 2. The summed E-state index contributed by atoms with van der Waals surface area (Å²) in [5.74, 6) is 1.03. The van der Waals surface area contributed by atoms with Crippen molar-refractivity contribution >= 4 is 11.8 Å². The Balaban J connectivity index is 1.41. The number of hydrogen-bond donors (Lipinski definition) is 2. The standard InChI is InChI=1S/C25H28N4O3/c1-32-20-13-11-18(12-14-20)16-26-22(30)17-27-25(31)23-21-10-6-3-7-15-29(21)24(28-23)19-8-4-2-5-9-19/h2,4-5,8-9,11-14H,3,6-7,10,15-17H2,1H3,(H,26,30)(H,27,31). The summed E-state index contributed by atoms with van der Waals surface area (Å²) in [5.41, 5.74) is 3.33. The minimum absolute atomic E-state index is 0.0953. The second-order valence-electron chi connectivity index (χ2n) is 7.87. The molecular weight excluding hydrogens is 404 g/mol. The maximum absolute atomic E-state index is 12.9. The summed E-state index contributed by atoms with van der Waals surface area (Å²) in [4.78, 5) is 29.9. The Hall–Kier alpha value is -3.61. The van der Waals surface area contributed by atoms with Crippen molar-refractivity contribution in [2.45, 2.75) is 38.8 Å². The minimum atomic E-state index is -0.308. The van der Waals surface area contributed by atoms with Crippen LogP contribution in [0, 0.1) is 0 Å². The van der Waals surface area contributed by atoms with E-state index in [1.165, 1.54) is 0 Å². The van der Waals surface area contributed by atoms with Crippen LogP contribution in [0.5, 0.6) is 5.75 Å². The summed E-state index contributed by atoms with van der Waals surface area (Å²) in [6, 6.07) is 17.4. The van der Waals surface area contributed by atoms with E-state index in [0.717, 1.165) is 60.6 Å². The van der Waals surface area contributed by atoms with Gasteiger partial charge in [-0.15, -0.1) is 0 Å². The average Bonchev–Trinajstić information content (AvgIpc) is 3.03. The molecule has 1 aliphatic rings. The predicted octanol–water partition coefficient (Wildman–Crippen LogP) is 3.33. The van der Waals surface area contributed by atoms with Crippen LogP contribution in [0.4, 0.5) is 0 Å². The number of methoxy groups -OCH3 is 1. The molecule has 2 aromatic carbocycles. The first kappa shape index (κ1) is 21.6. The van der Waals surface area contributed by atoms with E-state index in [0.29, 0.717) is 12.2 Å². The third-order valence-corrected chi connectivity index (χ3v) is 5.67. The molecule has 2 heterocycles. The Morgan fingerprint density at radius 2 is 1.78 bits per heavy atom. The van der Waals surface area contributed by atoms with Crippen molar-refractivity contribution < 1.29 is 14.3 Å². The predicted molar refractivity (Wildman–Crippen MR) is 122 cm³/mol. The van der Waals surface area contributed by atoms with Gasteiger partial charge in [0.15, 0.2) is 0 Å². The minimum Gasteiger partial charge on any atom is -0.497 e. The van der Waals surface area contributed by atoms with Crippen LogP contribution < -0.4 is 15.4 Å². The number of imidazole rings is 1. The molecule has 0 bridgehead atoms. The zero-order chi connectivity index (χ0) is 22.3. The molecular formula is C25H28N4O3. The number of ether oxygens (including phenoxy) is 1. The third-order valence-electron chi connectivity index (χ3n) is 5.67. The molecule has 0 saturated carbocycles. The summed E-state index contributed by atoms with van der Waals surface area (Å²) >= 11 is 0. The molecule has 0 unspecified atom stereocenters. The Morgan fingerprint density at radius 1 is 1.00 bits per heavy atom. The van der Waals surface area contributed by atoms with Gasteiger partial charge in [-0.1, -0.05) is 48.9 Å². The maximum Gasteiger partial charge on any atom is 0.272 e. The summed E-state index contributed by atoms with van der Waals surface area (Å²) < 4.78 is 7.30. The number of amides is 2. The Morgan fingerprint density at radius 3 is 2.53 bits per heavy atom. The van der Waals surface area contributed by atoms with Gasteiger partial charge in [0, 0.05) is 18.7 Å². The highest BCUT2D eigenvalue weighted by atomic mass is 16.5. The van der Waals surface area contributed by atoms with Crippen LogP contribution in [0.2, 0.25) is 0 Å². The van der Waals surface area contributed by atoms with Gasteiger partial charge in [0.05, 0.1) is 19.3 Å². The average molecular weight is 433 g/mol. The molecule has 1 aliphatic heterocycles. The number of carbonyl (C=O) groups excluding carboxylic acids is 2. The normalized spacial score (nSPS) is 13.0. The van der Waals surface area contributed by atoms with Gasteiger partial charge in [0.1, 0.15) is 17.3 Å². The van der Waals surface area contributed by atoms with Gasteiger partial charge in [0.25, 0.3) is 5.91 Å². The van der Waals surface area contributed by atoms with Crippen LogP contribution >= 0.6 is 0 Å². The summed E-state index contributed by atoms with van der Waals surface area (Å²) in [6.45, 7) is 1.14. The lowest BCUT2D eigenvalue weighted by molar-refractivity contribution is -0.120. The van der Waals surface area contributed by atoms with Gasteiger partial charge >= 0.3 is 0 Å². The second kappa shape index (κ2) is 10.1. The zero-order valence-electron chi connectivity index (χ0n) is 18.3. The number of rotatable bonds is 7. The van der Waals surface area contributed by atoms with Gasteiger partial charge in [-0.3, -0.25) is 9.59 Å². The zero-order valence-corrected chi connectivity index (χ0v) is 18.3. The number of fused-ring (bicyclic) bond motifs is 1. The molecule has 2 amide bonds. The lowest BCUT2D eigenvalue weighted by atomic mass is 10.1. The van der Waals surface area contributed by atoms with Crippen molar-refractivity contribution in [3.05, 3.63) is 71.5 Å². The molecule has 3 aromatic rings. The SMILES string of the molecule is COc1ccc(CNC(=O)CNC(=O)c2nc(-c3ccccc3)n3c2CCCCC3)cc1. The number of benzene rings is 2. The van der Waals surface area contributed by atoms with Crippen LogP contribution in [0.15, 0.2) is 54.6 Å². The monoisotopic (exact) mass is 432 g/mol. The van der Waals surface area contributed by atoms with Crippen molar-refractivity contribution in [2.75, 3.05) is 13.7 Å². The highest BCUT2D eigenvalue weighted by molar-refractivity contribution is 5.96. The molecule has 0 radical (unpaired) electrons. The van der Waals surface area contributed by atoms with Crippen molar-refractivity contribution in [2.24, 2.45) is 0 Å². The molecule has 7 nitrogen and oxygen atoms in total. The van der Waals surface area contributed by atoms with Gasteiger partial charge in [-0.25, -0.2) is 4.98 Å². The fourth-order valence-corrected chi connectivity index (χ4v) is 3.96. The molecule has 0 spiro atoms. The first-order valence-corrected chi connectivity index (χ1v) is 11.0. The lowest BCUT2D eigenvalue weighted by Crippen LogP contribution is -2.37. The van der Waals surface area contributed by atoms with E-state index in [1.807, 2.05) is 54.6 Å². The molecule has 166 valence electrons. The number of nitrogens with zero attached hydrogens (tertiary/aromatic N) is 2. The van der Waals surface area contributed by atoms with E-state index < -0.39 is 0 Å². The number of carbonyl (C=O) groups is 2. The molecule has 2 N–H and O–H groups in total.